The zero-order valence-electron chi connectivity index (χ0n) is 9.74. The summed E-state index contributed by atoms with van der Waals surface area (Å²) >= 11 is 0. The molecule has 0 spiro atoms. The van der Waals surface area contributed by atoms with Gasteiger partial charge in [0, 0.05) is 13.1 Å². The fourth-order valence-electron chi connectivity index (χ4n) is 1.54. The zero-order chi connectivity index (χ0) is 13.3. The Kier molecular flexibility index (Phi) is 2.98. The van der Waals surface area contributed by atoms with Gasteiger partial charge in [0.15, 0.2) is 11.6 Å². The van der Waals surface area contributed by atoms with Crippen molar-refractivity contribution in [2.24, 2.45) is 7.05 Å². The maximum atomic E-state index is 13.4. The first kappa shape index (κ1) is 12.0. The summed E-state index contributed by atoms with van der Waals surface area (Å²) in [6.45, 7) is 1.65. The molecule has 1 aromatic heterocycles. The van der Waals surface area contributed by atoms with Crippen molar-refractivity contribution in [3.8, 4) is 17.7 Å². The van der Waals surface area contributed by atoms with Crippen LogP contribution in [0.15, 0.2) is 18.2 Å². The Hall–Kier alpha value is -2.42. The Balaban J connectivity index is 2.43. The molecule has 2 aromatic rings. The highest BCUT2D eigenvalue weighted by Gasteiger charge is 2.16. The smallest absolute Gasteiger partial charge is 0.236 e. The molecule has 0 unspecified atom stereocenters. The molecule has 0 bridgehead atoms. The van der Waals surface area contributed by atoms with Crippen molar-refractivity contribution >= 4 is 0 Å². The lowest BCUT2D eigenvalue weighted by Gasteiger charge is -2.06. The number of hydrogen-bond acceptors (Lipinski definition) is 3. The van der Waals surface area contributed by atoms with Crippen molar-refractivity contribution in [3.05, 3.63) is 41.1 Å². The van der Waals surface area contributed by atoms with Gasteiger partial charge in [0.05, 0.1) is 5.69 Å². The van der Waals surface area contributed by atoms with Crippen molar-refractivity contribution < 1.29 is 13.5 Å². The van der Waals surface area contributed by atoms with Crippen molar-refractivity contribution in [2.45, 2.75) is 6.92 Å². The highest BCUT2D eigenvalue weighted by atomic mass is 19.1. The average molecular weight is 249 g/mol. The van der Waals surface area contributed by atoms with E-state index in [2.05, 4.69) is 5.10 Å². The van der Waals surface area contributed by atoms with E-state index in [1.165, 1.54) is 4.68 Å². The van der Waals surface area contributed by atoms with Gasteiger partial charge in [0.1, 0.15) is 17.4 Å². The minimum absolute atomic E-state index is 0.125. The number of halogens is 2. The van der Waals surface area contributed by atoms with E-state index in [1.54, 1.807) is 14.0 Å². The largest absolute Gasteiger partial charge is 0.435 e. The molecule has 0 aliphatic rings. The lowest BCUT2D eigenvalue weighted by Crippen LogP contribution is -1.97. The Morgan fingerprint density at radius 1 is 1.39 bits per heavy atom. The molecule has 0 N–H and O–H groups in total. The SMILES string of the molecule is Cc1nn(C)c(Oc2ccc(F)cc2F)c1C#N. The first-order valence-electron chi connectivity index (χ1n) is 5.09. The molecule has 0 aliphatic carbocycles. The number of hydrogen-bond donors (Lipinski definition) is 0. The third-order valence-corrected chi connectivity index (χ3v) is 2.38. The Morgan fingerprint density at radius 3 is 2.72 bits per heavy atom. The highest BCUT2D eigenvalue weighted by Crippen LogP contribution is 2.28. The number of nitrogens with zero attached hydrogens (tertiary/aromatic N) is 3. The minimum atomic E-state index is -0.835. The van der Waals surface area contributed by atoms with Crippen molar-refractivity contribution in [3.63, 3.8) is 0 Å². The van der Waals surface area contributed by atoms with Gasteiger partial charge >= 0.3 is 0 Å². The topological polar surface area (TPSA) is 50.8 Å². The Labute approximate surface area is 102 Å². The van der Waals surface area contributed by atoms with Crippen LogP contribution in [0.3, 0.4) is 0 Å². The molecule has 0 aliphatic heterocycles. The van der Waals surface area contributed by atoms with E-state index < -0.39 is 11.6 Å². The lowest BCUT2D eigenvalue weighted by atomic mass is 10.3. The van der Waals surface area contributed by atoms with E-state index in [4.69, 9.17) is 10.00 Å². The van der Waals surface area contributed by atoms with Gasteiger partial charge in [-0.15, -0.1) is 0 Å². The Morgan fingerprint density at radius 2 is 2.11 bits per heavy atom. The van der Waals surface area contributed by atoms with Crippen LogP contribution in [0.5, 0.6) is 11.6 Å². The molecule has 0 fully saturated rings. The fraction of sp³-hybridized carbons (Fsp3) is 0.167. The fourth-order valence-corrected chi connectivity index (χ4v) is 1.54. The summed E-state index contributed by atoms with van der Waals surface area (Å²) < 4.78 is 32.8. The quantitative estimate of drug-likeness (QED) is 0.822. The summed E-state index contributed by atoms with van der Waals surface area (Å²) in [6.07, 6.45) is 0. The normalized spacial score (nSPS) is 10.2. The number of benzene rings is 1. The third kappa shape index (κ3) is 2.02. The molecule has 0 amide bonds. The summed E-state index contributed by atoms with van der Waals surface area (Å²) in [5.41, 5.74) is 0.707. The molecule has 2 rings (SSSR count). The number of ether oxygens (including phenoxy) is 1. The second kappa shape index (κ2) is 4.45. The minimum Gasteiger partial charge on any atom is -0.435 e. The van der Waals surface area contributed by atoms with Crippen LogP contribution in [0.2, 0.25) is 0 Å². The Bertz CT molecular complexity index is 644. The van der Waals surface area contributed by atoms with Gasteiger partial charge < -0.3 is 4.74 Å². The maximum Gasteiger partial charge on any atom is 0.236 e. The molecular formula is C12H9F2N3O. The maximum absolute atomic E-state index is 13.4. The van der Waals surface area contributed by atoms with Crippen molar-refractivity contribution in [1.82, 2.24) is 9.78 Å². The molecule has 6 heteroatoms. The second-order valence-corrected chi connectivity index (χ2v) is 3.68. The van der Waals surface area contributed by atoms with Crippen LogP contribution in [-0.2, 0) is 7.05 Å². The number of rotatable bonds is 2. The molecule has 1 aromatic carbocycles. The van der Waals surface area contributed by atoms with Gasteiger partial charge in [-0.1, -0.05) is 0 Å². The summed E-state index contributed by atoms with van der Waals surface area (Å²) in [5, 5.41) is 13.0. The highest BCUT2D eigenvalue weighted by molar-refractivity contribution is 5.44. The van der Waals surface area contributed by atoms with Gasteiger partial charge in [-0.05, 0) is 19.1 Å². The first-order chi connectivity index (χ1) is 8.52. The van der Waals surface area contributed by atoms with Crippen LogP contribution in [0, 0.1) is 29.9 Å². The molecule has 0 saturated carbocycles. The van der Waals surface area contributed by atoms with Gasteiger partial charge in [-0.2, -0.15) is 10.4 Å². The molecule has 4 nitrogen and oxygen atoms in total. The first-order valence-corrected chi connectivity index (χ1v) is 5.09. The third-order valence-electron chi connectivity index (χ3n) is 2.38. The monoisotopic (exact) mass is 249 g/mol. The van der Waals surface area contributed by atoms with Gasteiger partial charge in [0.25, 0.3) is 0 Å². The van der Waals surface area contributed by atoms with E-state index in [1.807, 2.05) is 6.07 Å². The van der Waals surface area contributed by atoms with Gasteiger partial charge in [-0.3, -0.25) is 0 Å². The molecule has 1 heterocycles. The van der Waals surface area contributed by atoms with Crippen LogP contribution >= 0.6 is 0 Å². The van der Waals surface area contributed by atoms with Crippen LogP contribution in [0.4, 0.5) is 8.78 Å². The molecule has 0 atom stereocenters. The molecule has 18 heavy (non-hydrogen) atoms. The van der Waals surface area contributed by atoms with E-state index in [0.29, 0.717) is 11.8 Å². The standard InChI is InChI=1S/C12H9F2N3O/c1-7-9(6-15)12(17(2)16-7)18-11-4-3-8(13)5-10(11)14/h3-5H,1-2H3. The van der Waals surface area contributed by atoms with Gasteiger partial charge in [-0.25, -0.2) is 13.5 Å². The van der Waals surface area contributed by atoms with Crippen molar-refractivity contribution in [1.29, 1.82) is 5.26 Å². The number of aromatic nitrogens is 2. The lowest BCUT2D eigenvalue weighted by molar-refractivity contribution is 0.400. The second-order valence-electron chi connectivity index (χ2n) is 3.68. The molecule has 92 valence electrons. The molecular weight excluding hydrogens is 240 g/mol. The predicted octanol–water partition coefficient (Wildman–Crippen LogP) is 2.67. The van der Waals surface area contributed by atoms with Crippen LogP contribution in [-0.4, -0.2) is 9.78 Å². The number of aryl methyl sites for hydroxylation is 2. The zero-order valence-corrected chi connectivity index (χ0v) is 9.74. The average Bonchev–Trinajstić information content (AvgIpc) is 2.57. The van der Waals surface area contributed by atoms with E-state index in [9.17, 15) is 8.78 Å². The van der Waals surface area contributed by atoms with E-state index in [-0.39, 0.29) is 17.2 Å². The molecule has 0 saturated heterocycles. The van der Waals surface area contributed by atoms with E-state index >= 15 is 0 Å². The van der Waals surface area contributed by atoms with Gasteiger partial charge in [0.2, 0.25) is 5.88 Å². The predicted molar refractivity (Wildman–Crippen MR) is 59.1 cm³/mol. The summed E-state index contributed by atoms with van der Waals surface area (Å²) in [7, 11) is 1.57. The van der Waals surface area contributed by atoms with Crippen molar-refractivity contribution in [2.75, 3.05) is 0 Å². The van der Waals surface area contributed by atoms with Crippen LogP contribution in [0.25, 0.3) is 0 Å². The number of nitriles is 1. The van der Waals surface area contributed by atoms with Crippen LogP contribution in [0.1, 0.15) is 11.3 Å². The van der Waals surface area contributed by atoms with Crippen LogP contribution < -0.4 is 4.74 Å². The summed E-state index contributed by atoms with van der Waals surface area (Å²) in [4.78, 5) is 0. The summed E-state index contributed by atoms with van der Waals surface area (Å²) in [5.74, 6) is -1.56. The molecule has 0 radical (unpaired) electrons. The van der Waals surface area contributed by atoms with E-state index in [0.717, 1.165) is 12.1 Å². The summed E-state index contributed by atoms with van der Waals surface area (Å²) in [6, 6.07) is 4.88.